The van der Waals surface area contributed by atoms with Gasteiger partial charge in [0.05, 0.1) is 31.4 Å². The first kappa shape index (κ1) is 20.2. The molecular formula is C23H24N4O2. The molecule has 29 heavy (non-hydrogen) atoms. The van der Waals surface area contributed by atoms with E-state index in [4.69, 9.17) is 4.74 Å². The largest absolute Gasteiger partial charge is 0.497 e. The fourth-order valence-electron chi connectivity index (χ4n) is 2.68. The number of nitrogens with zero attached hydrogens (tertiary/aromatic N) is 3. The van der Waals surface area contributed by atoms with Gasteiger partial charge in [-0.25, -0.2) is 10.4 Å². The van der Waals surface area contributed by atoms with E-state index < -0.39 is 5.91 Å². The van der Waals surface area contributed by atoms with E-state index in [1.165, 1.54) is 11.8 Å². The van der Waals surface area contributed by atoms with Crippen LogP contribution in [0.4, 0.5) is 0 Å². The number of benzene rings is 2. The van der Waals surface area contributed by atoms with Crippen LogP contribution in [0, 0.1) is 0 Å². The highest BCUT2D eigenvalue weighted by molar-refractivity contribution is 5.93. The van der Waals surface area contributed by atoms with Gasteiger partial charge in [-0.05, 0) is 46.9 Å². The first-order valence-corrected chi connectivity index (χ1v) is 9.27. The Labute approximate surface area is 170 Å². The molecule has 0 unspecified atom stereocenters. The lowest BCUT2D eigenvalue weighted by molar-refractivity contribution is 0.0950. The molecule has 0 saturated heterocycles. The summed E-state index contributed by atoms with van der Waals surface area (Å²) in [5.74, 6) is 0.330. The van der Waals surface area contributed by atoms with Crippen LogP contribution < -0.4 is 10.2 Å². The molecule has 148 valence electrons. The van der Waals surface area contributed by atoms with Crippen LogP contribution in [-0.2, 0) is 5.41 Å². The minimum atomic E-state index is -0.420. The van der Waals surface area contributed by atoms with Gasteiger partial charge in [0.25, 0.3) is 5.91 Å². The maximum atomic E-state index is 12.4. The van der Waals surface area contributed by atoms with Gasteiger partial charge in [0.15, 0.2) is 0 Å². The monoisotopic (exact) mass is 388 g/mol. The maximum Gasteiger partial charge on any atom is 0.291 e. The Kier molecular flexibility index (Phi) is 6.02. The SMILES string of the molecule is COc1ccc(-c2cncc(C(=O)N/N=C/c3cccc(C(C)(C)C)c3)n2)cc1. The first-order valence-electron chi connectivity index (χ1n) is 9.27. The van der Waals surface area contributed by atoms with E-state index in [9.17, 15) is 4.79 Å². The zero-order valence-electron chi connectivity index (χ0n) is 17.0. The topological polar surface area (TPSA) is 76.5 Å². The van der Waals surface area contributed by atoms with Crippen molar-refractivity contribution in [3.05, 3.63) is 77.7 Å². The third-order valence-electron chi connectivity index (χ3n) is 4.39. The highest BCUT2D eigenvalue weighted by Gasteiger charge is 2.13. The highest BCUT2D eigenvalue weighted by atomic mass is 16.5. The van der Waals surface area contributed by atoms with Crippen LogP contribution in [0.3, 0.4) is 0 Å². The Morgan fingerprint density at radius 1 is 1.10 bits per heavy atom. The minimum absolute atomic E-state index is 0.0462. The zero-order chi connectivity index (χ0) is 20.9. The van der Waals surface area contributed by atoms with Gasteiger partial charge in [-0.2, -0.15) is 5.10 Å². The third-order valence-corrected chi connectivity index (χ3v) is 4.39. The van der Waals surface area contributed by atoms with E-state index in [2.05, 4.69) is 53.4 Å². The molecule has 1 amide bonds. The van der Waals surface area contributed by atoms with Crippen molar-refractivity contribution in [3.8, 4) is 17.0 Å². The standard InChI is InChI=1S/C23H24N4O2/c1-23(2,3)18-7-5-6-16(12-18)13-25-27-22(28)21-15-24-14-20(26-21)17-8-10-19(29-4)11-9-17/h5-15H,1-4H3,(H,27,28)/b25-13+. The second kappa shape index (κ2) is 8.65. The molecule has 1 N–H and O–H groups in total. The number of hydrazone groups is 1. The lowest BCUT2D eigenvalue weighted by atomic mass is 9.86. The molecule has 0 fully saturated rings. The lowest BCUT2D eigenvalue weighted by Gasteiger charge is -2.19. The van der Waals surface area contributed by atoms with Crippen molar-refractivity contribution in [2.45, 2.75) is 26.2 Å². The number of methoxy groups -OCH3 is 1. The number of carbonyl (C=O) groups is 1. The Bertz CT molecular complexity index is 1020. The van der Waals surface area contributed by atoms with E-state index >= 15 is 0 Å². The van der Waals surface area contributed by atoms with Crippen molar-refractivity contribution in [1.29, 1.82) is 0 Å². The van der Waals surface area contributed by atoms with Gasteiger partial charge < -0.3 is 4.74 Å². The van der Waals surface area contributed by atoms with Crippen LogP contribution in [0.1, 0.15) is 42.4 Å². The number of ether oxygens (including phenoxy) is 1. The Morgan fingerprint density at radius 3 is 2.55 bits per heavy atom. The number of amides is 1. The van der Waals surface area contributed by atoms with Crippen LogP contribution in [0.2, 0.25) is 0 Å². The number of rotatable bonds is 5. The number of carbonyl (C=O) groups excluding carboxylic acids is 1. The average molecular weight is 388 g/mol. The van der Waals surface area contributed by atoms with Crippen molar-refractivity contribution >= 4 is 12.1 Å². The van der Waals surface area contributed by atoms with Gasteiger partial charge >= 0.3 is 0 Å². The summed E-state index contributed by atoms with van der Waals surface area (Å²) in [5.41, 5.74) is 6.31. The highest BCUT2D eigenvalue weighted by Crippen LogP contribution is 2.22. The smallest absolute Gasteiger partial charge is 0.291 e. The van der Waals surface area contributed by atoms with Crippen molar-refractivity contribution in [1.82, 2.24) is 15.4 Å². The van der Waals surface area contributed by atoms with E-state index in [-0.39, 0.29) is 11.1 Å². The summed E-state index contributed by atoms with van der Waals surface area (Å²) >= 11 is 0. The molecule has 0 aliphatic carbocycles. The van der Waals surface area contributed by atoms with Gasteiger partial charge in [-0.15, -0.1) is 0 Å². The fraction of sp³-hybridized carbons (Fsp3) is 0.217. The molecule has 0 aliphatic heterocycles. The Hall–Kier alpha value is -3.54. The zero-order valence-corrected chi connectivity index (χ0v) is 17.0. The van der Waals surface area contributed by atoms with Crippen LogP contribution in [0.5, 0.6) is 5.75 Å². The molecule has 0 bridgehead atoms. The second-order valence-electron chi connectivity index (χ2n) is 7.59. The predicted octanol–water partition coefficient (Wildman–Crippen LogP) is 4.21. The molecule has 0 atom stereocenters. The molecular weight excluding hydrogens is 364 g/mol. The Morgan fingerprint density at radius 2 is 1.86 bits per heavy atom. The molecule has 2 aromatic carbocycles. The third kappa shape index (κ3) is 5.25. The molecule has 1 aromatic heterocycles. The lowest BCUT2D eigenvalue weighted by Crippen LogP contribution is -2.19. The molecule has 0 saturated carbocycles. The summed E-state index contributed by atoms with van der Waals surface area (Å²) in [6.45, 7) is 6.46. The minimum Gasteiger partial charge on any atom is -0.497 e. The number of hydrogen-bond donors (Lipinski definition) is 1. The molecule has 6 nitrogen and oxygen atoms in total. The molecule has 3 aromatic rings. The maximum absolute atomic E-state index is 12.4. The van der Waals surface area contributed by atoms with Gasteiger partial charge in [0, 0.05) is 5.56 Å². The molecule has 0 aliphatic rings. The van der Waals surface area contributed by atoms with Crippen molar-refractivity contribution < 1.29 is 9.53 Å². The molecule has 3 rings (SSSR count). The predicted molar refractivity (Wildman–Crippen MR) is 114 cm³/mol. The van der Waals surface area contributed by atoms with E-state index in [0.717, 1.165) is 16.9 Å². The van der Waals surface area contributed by atoms with Gasteiger partial charge in [0.1, 0.15) is 11.4 Å². The van der Waals surface area contributed by atoms with Crippen molar-refractivity contribution in [2.75, 3.05) is 7.11 Å². The molecule has 0 spiro atoms. The normalized spacial score (nSPS) is 11.4. The average Bonchev–Trinajstić information content (AvgIpc) is 2.73. The van der Waals surface area contributed by atoms with Crippen LogP contribution >= 0.6 is 0 Å². The summed E-state index contributed by atoms with van der Waals surface area (Å²) in [4.78, 5) is 20.9. The summed E-state index contributed by atoms with van der Waals surface area (Å²) in [6, 6.07) is 15.5. The van der Waals surface area contributed by atoms with Crippen molar-refractivity contribution in [2.24, 2.45) is 5.10 Å². The van der Waals surface area contributed by atoms with Crippen molar-refractivity contribution in [3.63, 3.8) is 0 Å². The van der Waals surface area contributed by atoms with Crippen LogP contribution in [0.25, 0.3) is 11.3 Å². The van der Waals surface area contributed by atoms with Gasteiger partial charge in [-0.1, -0.05) is 39.0 Å². The quantitative estimate of drug-likeness (QED) is 0.525. The van der Waals surface area contributed by atoms with E-state index in [0.29, 0.717) is 5.69 Å². The molecule has 6 heteroatoms. The molecule has 0 radical (unpaired) electrons. The van der Waals surface area contributed by atoms with E-state index in [1.54, 1.807) is 19.5 Å². The van der Waals surface area contributed by atoms with Crippen LogP contribution in [0.15, 0.2) is 66.0 Å². The first-order chi connectivity index (χ1) is 13.9. The number of hydrogen-bond acceptors (Lipinski definition) is 5. The summed E-state index contributed by atoms with van der Waals surface area (Å²) in [7, 11) is 1.61. The van der Waals surface area contributed by atoms with Crippen LogP contribution in [-0.4, -0.2) is 29.2 Å². The number of nitrogens with one attached hydrogen (secondary N) is 1. The summed E-state index contributed by atoms with van der Waals surface area (Å²) in [5, 5.41) is 4.06. The Balaban J connectivity index is 1.70. The van der Waals surface area contributed by atoms with Gasteiger partial charge in [0.2, 0.25) is 0 Å². The number of aromatic nitrogens is 2. The van der Waals surface area contributed by atoms with Gasteiger partial charge in [-0.3, -0.25) is 9.78 Å². The van der Waals surface area contributed by atoms with E-state index in [1.807, 2.05) is 36.4 Å². The fourth-order valence-corrected chi connectivity index (χ4v) is 2.68. The summed E-state index contributed by atoms with van der Waals surface area (Å²) < 4.78 is 5.16. The molecule has 1 heterocycles. The summed E-state index contributed by atoms with van der Waals surface area (Å²) in [6.07, 6.45) is 4.64. The second-order valence-corrected chi connectivity index (χ2v) is 7.59.